The third-order valence-corrected chi connectivity index (χ3v) is 1.95. The van der Waals surface area contributed by atoms with Gasteiger partial charge in [0.1, 0.15) is 11.6 Å². The van der Waals surface area contributed by atoms with Gasteiger partial charge in [-0.1, -0.05) is 0 Å². The molecule has 14 heavy (non-hydrogen) atoms. The fraction of sp³-hybridized carbons (Fsp3) is 0.222. The second kappa shape index (κ2) is 4.76. The number of halogens is 1. The van der Waals surface area contributed by atoms with E-state index >= 15 is 0 Å². The van der Waals surface area contributed by atoms with Crippen molar-refractivity contribution in [3.05, 3.63) is 24.0 Å². The lowest BCUT2D eigenvalue weighted by atomic mass is 10.3. The van der Waals surface area contributed by atoms with Crippen molar-refractivity contribution in [3.63, 3.8) is 0 Å². The Morgan fingerprint density at radius 2 is 2.21 bits per heavy atom. The lowest BCUT2D eigenvalue weighted by molar-refractivity contribution is 0.414. The van der Waals surface area contributed by atoms with E-state index in [0.29, 0.717) is 16.5 Å². The third kappa shape index (κ3) is 2.56. The van der Waals surface area contributed by atoms with Crippen LogP contribution in [0.25, 0.3) is 0 Å². The van der Waals surface area contributed by atoms with Crippen LogP contribution in [0.1, 0.15) is 0 Å². The van der Waals surface area contributed by atoms with Crippen molar-refractivity contribution < 1.29 is 9.13 Å². The minimum atomic E-state index is -0.372. The normalized spacial score (nSPS) is 9.36. The molecule has 0 radical (unpaired) electrons. The number of rotatable bonds is 2. The van der Waals surface area contributed by atoms with E-state index in [1.165, 1.54) is 13.2 Å². The number of hydrogen-bond acceptors (Lipinski definition) is 2. The topological polar surface area (TPSA) is 33.3 Å². The highest BCUT2D eigenvalue weighted by Crippen LogP contribution is 2.20. The SMILES string of the molecule is CNC(=S)Nc1cc(OC)ccc1F. The number of hydrogen-bond donors (Lipinski definition) is 2. The molecule has 0 heterocycles. The van der Waals surface area contributed by atoms with Gasteiger partial charge in [0, 0.05) is 13.1 Å². The molecule has 0 aliphatic carbocycles. The summed E-state index contributed by atoms with van der Waals surface area (Å²) in [5, 5.41) is 5.75. The summed E-state index contributed by atoms with van der Waals surface area (Å²) in [4.78, 5) is 0. The van der Waals surface area contributed by atoms with Gasteiger partial charge in [-0.05, 0) is 24.4 Å². The average molecular weight is 214 g/mol. The number of thiocarbonyl (C=S) groups is 1. The summed E-state index contributed by atoms with van der Waals surface area (Å²) in [7, 11) is 3.18. The second-order valence-electron chi connectivity index (χ2n) is 2.55. The standard InChI is InChI=1S/C9H11FN2OS/c1-11-9(14)12-8-5-6(13-2)3-4-7(8)10/h3-5H,1-2H3,(H2,11,12,14). The van der Waals surface area contributed by atoms with Crippen LogP contribution < -0.4 is 15.4 Å². The zero-order valence-corrected chi connectivity index (χ0v) is 8.74. The quantitative estimate of drug-likeness (QED) is 0.735. The Morgan fingerprint density at radius 3 is 2.79 bits per heavy atom. The maximum atomic E-state index is 13.2. The van der Waals surface area contributed by atoms with Crippen LogP contribution in [0.15, 0.2) is 18.2 Å². The van der Waals surface area contributed by atoms with E-state index < -0.39 is 0 Å². The summed E-state index contributed by atoms with van der Waals surface area (Å²) < 4.78 is 18.2. The van der Waals surface area contributed by atoms with Gasteiger partial charge in [0.25, 0.3) is 0 Å². The van der Waals surface area contributed by atoms with Crippen molar-refractivity contribution in [2.24, 2.45) is 0 Å². The zero-order chi connectivity index (χ0) is 10.6. The van der Waals surface area contributed by atoms with Crippen molar-refractivity contribution in [2.75, 3.05) is 19.5 Å². The molecule has 1 rings (SSSR count). The van der Waals surface area contributed by atoms with Crippen LogP contribution >= 0.6 is 12.2 Å². The molecule has 0 aliphatic rings. The first-order valence-corrected chi connectivity index (χ1v) is 4.40. The first kappa shape index (κ1) is 10.7. The molecule has 1 aromatic rings. The highest BCUT2D eigenvalue weighted by Gasteiger charge is 2.04. The number of ether oxygens (including phenoxy) is 1. The van der Waals surface area contributed by atoms with E-state index in [1.54, 1.807) is 19.2 Å². The van der Waals surface area contributed by atoms with E-state index in [-0.39, 0.29) is 5.82 Å². The fourth-order valence-electron chi connectivity index (χ4n) is 0.912. The van der Waals surface area contributed by atoms with Crippen molar-refractivity contribution in [1.82, 2.24) is 5.32 Å². The van der Waals surface area contributed by atoms with Crippen LogP contribution in [0.4, 0.5) is 10.1 Å². The van der Waals surface area contributed by atoms with Gasteiger partial charge in [-0.25, -0.2) is 4.39 Å². The van der Waals surface area contributed by atoms with Crippen LogP contribution in [0, 0.1) is 5.82 Å². The first-order valence-electron chi connectivity index (χ1n) is 3.99. The Morgan fingerprint density at radius 1 is 1.50 bits per heavy atom. The fourth-order valence-corrected chi connectivity index (χ4v) is 1.02. The smallest absolute Gasteiger partial charge is 0.170 e. The molecule has 76 valence electrons. The summed E-state index contributed by atoms with van der Waals surface area (Å²) in [5.41, 5.74) is 0.295. The molecular formula is C9H11FN2OS. The Hall–Kier alpha value is -1.36. The molecule has 0 aliphatic heterocycles. The van der Waals surface area contributed by atoms with Gasteiger partial charge in [0.2, 0.25) is 0 Å². The van der Waals surface area contributed by atoms with Gasteiger partial charge in [-0.2, -0.15) is 0 Å². The van der Waals surface area contributed by atoms with E-state index in [9.17, 15) is 4.39 Å². The Kier molecular flexibility index (Phi) is 3.64. The van der Waals surface area contributed by atoms with Crippen LogP contribution in [0.3, 0.4) is 0 Å². The summed E-state index contributed by atoms with van der Waals surface area (Å²) >= 11 is 4.85. The van der Waals surface area contributed by atoms with E-state index in [4.69, 9.17) is 17.0 Å². The molecule has 0 saturated heterocycles. The van der Waals surface area contributed by atoms with Gasteiger partial charge in [0.05, 0.1) is 12.8 Å². The van der Waals surface area contributed by atoms with Gasteiger partial charge < -0.3 is 15.4 Å². The number of benzene rings is 1. The Balaban J connectivity index is 2.89. The molecule has 0 unspecified atom stereocenters. The molecule has 0 saturated carbocycles. The van der Waals surface area contributed by atoms with E-state index in [2.05, 4.69) is 10.6 Å². The summed E-state index contributed by atoms with van der Waals surface area (Å²) in [5.74, 6) is 0.205. The molecule has 2 N–H and O–H groups in total. The summed E-state index contributed by atoms with van der Waals surface area (Å²) in [6.07, 6.45) is 0. The highest BCUT2D eigenvalue weighted by atomic mass is 32.1. The van der Waals surface area contributed by atoms with Crippen molar-refractivity contribution in [1.29, 1.82) is 0 Å². The molecule has 0 fully saturated rings. The maximum absolute atomic E-state index is 13.2. The van der Waals surface area contributed by atoms with Gasteiger partial charge in [-0.3, -0.25) is 0 Å². The maximum Gasteiger partial charge on any atom is 0.170 e. The van der Waals surface area contributed by atoms with Crippen LogP contribution in [-0.4, -0.2) is 19.3 Å². The first-order chi connectivity index (χ1) is 6.67. The molecule has 3 nitrogen and oxygen atoms in total. The van der Waals surface area contributed by atoms with Crippen molar-refractivity contribution in [3.8, 4) is 5.75 Å². The third-order valence-electron chi connectivity index (χ3n) is 1.65. The minimum absolute atomic E-state index is 0.295. The Bertz CT molecular complexity index is 344. The monoisotopic (exact) mass is 214 g/mol. The number of nitrogens with one attached hydrogen (secondary N) is 2. The molecular weight excluding hydrogens is 203 g/mol. The number of methoxy groups -OCH3 is 1. The summed E-state index contributed by atoms with van der Waals surface area (Å²) in [6, 6.07) is 4.40. The molecule has 0 amide bonds. The largest absolute Gasteiger partial charge is 0.497 e. The molecule has 0 aromatic heterocycles. The van der Waals surface area contributed by atoms with E-state index in [1.807, 2.05) is 0 Å². The molecule has 0 atom stereocenters. The average Bonchev–Trinajstić information content (AvgIpc) is 2.21. The van der Waals surface area contributed by atoms with E-state index in [0.717, 1.165) is 0 Å². The molecule has 5 heteroatoms. The molecule has 0 spiro atoms. The predicted octanol–water partition coefficient (Wildman–Crippen LogP) is 1.75. The highest BCUT2D eigenvalue weighted by molar-refractivity contribution is 7.80. The summed E-state index contributed by atoms with van der Waals surface area (Å²) in [6.45, 7) is 0. The van der Waals surface area contributed by atoms with Crippen molar-refractivity contribution in [2.45, 2.75) is 0 Å². The van der Waals surface area contributed by atoms with Crippen LogP contribution in [0.5, 0.6) is 5.75 Å². The lowest BCUT2D eigenvalue weighted by Gasteiger charge is -2.09. The van der Waals surface area contributed by atoms with Gasteiger partial charge in [0.15, 0.2) is 5.11 Å². The molecule has 1 aromatic carbocycles. The minimum Gasteiger partial charge on any atom is -0.497 e. The van der Waals surface area contributed by atoms with Crippen LogP contribution in [0.2, 0.25) is 0 Å². The Labute approximate surface area is 87.3 Å². The van der Waals surface area contributed by atoms with Crippen molar-refractivity contribution >= 4 is 23.0 Å². The predicted molar refractivity (Wildman–Crippen MR) is 58.2 cm³/mol. The molecule has 0 bridgehead atoms. The van der Waals surface area contributed by atoms with Gasteiger partial charge in [-0.15, -0.1) is 0 Å². The zero-order valence-electron chi connectivity index (χ0n) is 7.93. The van der Waals surface area contributed by atoms with Crippen LogP contribution in [-0.2, 0) is 0 Å². The second-order valence-corrected chi connectivity index (χ2v) is 2.96. The number of anilines is 1. The van der Waals surface area contributed by atoms with Gasteiger partial charge >= 0.3 is 0 Å². The lowest BCUT2D eigenvalue weighted by Crippen LogP contribution is -2.24.